The lowest BCUT2D eigenvalue weighted by molar-refractivity contribution is -0.132. The van der Waals surface area contributed by atoms with Gasteiger partial charge in [-0.15, -0.1) is 0 Å². The average molecular weight is 509 g/mol. The van der Waals surface area contributed by atoms with Gasteiger partial charge in [0.2, 0.25) is 11.8 Å². The molecule has 2 aliphatic heterocycles. The third-order valence-electron chi connectivity index (χ3n) is 7.18. The SMILES string of the molecule is Cc1cccc(C)c1C1NC(=O)CC(c2cccc(Cl)c2)C12C(=O)N(C(=O)O)c1cc(Cl)ccc12. The third-order valence-corrected chi connectivity index (χ3v) is 7.65. The van der Waals surface area contributed by atoms with Crippen LogP contribution >= 0.6 is 23.2 Å². The zero-order valence-electron chi connectivity index (χ0n) is 19.0. The van der Waals surface area contributed by atoms with Crippen LogP contribution in [0, 0.1) is 13.8 Å². The van der Waals surface area contributed by atoms with Crippen LogP contribution in [0.4, 0.5) is 10.5 Å². The number of carbonyl (C=O) groups excluding carboxylic acids is 2. The maximum Gasteiger partial charge on any atom is 0.418 e. The summed E-state index contributed by atoms with van der Waals surface area (Å²) in [5.74, 6) is -1.53. The first-order valence-electron chi connectivity index (χ1n) is 11.1. The molecule has 0 aliphatic carbocycles. The van der Waals surface area contributed by atoms with Crippen molar-refractivity contribution in [3.8, 4) is 0 Å². The molecule has 3 aromatic rings. The lowest BCUT2D eigenvalue weighted by Crippen LogP contribution is -2.59. The molecule has 3 amide bonds. The topological polar surface area (TPSA) is 86.7 Å². The zero-order chi connectivity index (χ0) is 25.1. The molecule has 6 nitrogen and oxygen atoms in total. The molecule has 3 atom stereocenters. The number of hydrogen-bond acceptors (Lipinski definition) is 3. The number of benzene rings is 3. The Kier molecular flexibility index (Phi) is 5.61. The summed E-state index contributed by atoms with van der Waals surface area (Å²) in [5, 5.41) is 13.9. The minimum atomic E-state index is -1.44. The van der Waals surface area contributed by atoms with E-state index in [1.54, 1.807) is 30.3 Å². The van der Waals surface area contributed by atoms with Gasteiger partial charge in [0.05, 0.1) is 11.7 Å². The van der Waals surface area contributed by atoms with Crippen LogP contribution in [0.3, 0.4) is 0 Å². The molecule has 5 rings (SSSR count). The van der Waals surface area contributed by atoms with Crippen molar-refractivity contribution < 1.29 is 19.5 Å². The number of rotatable bonds is 2. The molecule has 178 valence electrons. The van der Waals surface area contributed by atoms with Gasteiger partial charge >= 0.3 is 6.09 Å². The highest BCUT2D eigenvalue weighted by Gasteiger charge is 2.64. The first kappa shape index (κ1) is 23.4. The van der Waals surface area contributed by atoms with E-state index in [-0.39, 0.29) is 18.0 Å². The Morgan fingerprint density at radius 2 is 1.66 bits per heavy atom. The van der Waals surface area contributed by atoms with Gasteiger partial charge in [-0.1, -0.05) is 59.6 Å². The molecule has 2 N–H and O–H groups in total. The molecule has 2 heterocycles. The Balaban J connectivity index is 1.90. The van der Waals surface area contributed by atoms with E-state index < -0.39 is 29.4 Å². The van der Waals surface area contributed by atoms with E-state index in [1.165, 1.54) is 6.07 Å². The van der Waals surface area contributed by atoms with Gasteiger partial charge < -0.3 is 10.4 Å². The van der Waals surface area contributed by atoms with Crippen LogP contribution in [0.15, 0.2) is 60.7 Å². The maximum absolute atomic E-state index is 14.4. The van der Waals surface area contributed by atoms with Crippen LogP contribution in [0.5, 0.6) is 0 Å². The van der Waals surface area contributed by atoms with Gasteiger partial charge in [-0.25, -0.2) is 9.69 Å². The lowest BCUT2D eigenvalue weighted by Gasteiger charge is -2.47. The molecule has 3 aromatic carbocycles. The van der Waals surface area contributed by atoms with Gasteiger partial charge in [-0.05, 0) is 65.9 Å². The normalized spacial score (nSPS) is 23.4. The van der Waals surface area contributed by atoms with E-state index in [1.807, 2.05) is 38.1 Å². The smallest absolute Gasteiger partial charge is 0.418 e. The first-order chi connectivity index (χ1) is 16.7. The number of carbonyl (C=O) groups is 3. The standard InChI is InChI=1S/C27H22Cl2N2O4/c1-14-5-3-6-15(2)23(14)24-27(20(13-22(32)30-24)16-7-4-8-17(28)11-16)19-10-9-18(29)12-21(19)31(25(27)33)26(34)35/h3-12,20,24H,13H2,1-2H3,(H,30,32)(H,34,35). The van der Waals surface area contributed by atoms with Crippen LogP contribution in [-0.2, 0) is 15.0 Å². The molecule has 0 saturated carbocycles. The summed E-state index contributed by atoms with van der Waals surface area (Å²) in [7, 11) is 0. The first-order valence-corrected chi connectivity index (χ1v) is 11.9. The monoisotopic (exact) mass is 508 g/mol. The highest BCUT2D eigenvalue weighted by Crippen LogP contribution is 2.60. The molecular weight excluding hydrogens is 487 g/mol. The van der Waals surface area contributed by atoms with Crippen molar-refractivity contribution in [2.75, 3.05) is 4.90 Å². The second-order valence-electron chi connectivity index (χ2n) is 9.07. The third kappa shape index (κ3) is 3.43. The van der Waals surface area contributed by atoms with E-state index in [4.69, 9.17) is 23.2 Å². The molecule has 0 aromatic heterocycles. The highest BCUT2D eigenvalue weighted by molar-refractivity contribution is 6.32. The van der Waals surface area contributed by atoms with Gasteiger partial charge in [0.1, 0.15) is 5.41 Å². The molecule has 1 spiro atoms. The van der Waals surface area contributed by atoms with E-state index in [0.717, 1.165) is 21.6 Å². The molecule has 35 heavy (non-hydrogen) atoms. The van der Waals surface area contributed by atoms with Crippen molar-refractivity contribution in [1.29, 1.82) is 0 Å². The predicted octanol–water partition coefficient (Wildman–Crippen LogP) is 5.92. The van der Waals surface area contributed by atoms with E-state index >= 15 is 0 Å². The van der Waals surface area contributed by atoms with Crippen molar-refractivity contribution in [3.63, 3.8) is 0 Å². The fourth-order valence-electron chi connectivity index (χ4n) is 5.82. The fraction of sp³-hybridized carbons (Fsp3) is 0.222. The minimum absolute atomic E-state index is 0.0109. The second-order valence-corrected chi connectivity index (χ2v) is 9.94. The molecule has 3 unspecified atom stereocenters. The minimum Gasteiger partial charge on any atom is -0.464 e. The van der Waals surface area contributed by atoms with Gasteiger partial charge in [-0.3, -0.25) is 9.59 Å². The van der Waals surface area contributed by atoms with Crippen LogP contribution in [0.1, 0.15) is 46.2 Å². The Morgan fingerprint density at radius 1 is 1.00 bits per heavy atom. The van der Waals surface area contributed by atoms with Crippen LogP contribution in [-0.4, -0.2) is 23.0 Å². The number of nitrogens with one attached hydrogen (secondary N) is 1. The maximum atomic E-state index is 14.4. The fourth-order valence-corrected chi connectivity index (χ4v) is 6.19. The Morgan fingerprint density at radius 3 is 2.31 bits per heavy atom. The van der Waals surface area contributed by atoms with Gasteiger partial charge in [0, 0.05) is 22.4 Å². The molecule has 1 saturated heterocycles. The summed E-state index contributed by atoms with van der Waals surface area (Å²) < 4.78 is 0. The van der Waals surface area contributed by atoms with Crippen molar-refractivity contribution in [2.45, 2.75) is 37.6 Å². The number of hydrogen-bond donors (Lipinski definition) is 2. The van der Waals surface area contributed by atoms with E-state index in [2.05, 4.69) is 5.32 Å². The van der Waals surface area contributed by atoms with Crippen molar-refractivity contribution >= 4 is 46.8 Å². The van der Waals surface area contributed by atoms with Crippen LogP contribution < -0.4 is 10.2 Å². The summed E-state index contributed by atoms with van der Waals surface area (Å²) in [4.78, 5) is 40.7. The number of piperidine rings is 1. The Bertz CT molecular complexity index is 1390. The number of nitrogens with zero attached hydrogens (tertiary/aromatic N) is 1. The van der Waals surface area contributed by atoms with Gasteiger partial charge in [0.25, 0.3) is 0 Å². The van der Waals surface area contributed by atoms with Gasteiger partial charge in [-0.2, -0.15) is 0 Å². The van der Waals surface area contributed by atoms with Crippen molar-refractivity contribution in [3.05, 3.63) is 98.5 Å². The summed E-state index contributed by atoms with van der Waals surface area (Å²) >= 11 is 12.6. The predicted molar refractivity (Wildman–Crippen MR) is 134 cm³/mol. The number of carboxylic acid groups (broad SMARTS) is 1. The molecule has 0 radical (unpaired) electrons. The number of amides is 3. The number of fused-ring (bicyclic) bond motifs is 2. The van der Waals surface area contributed by atoms with Crippen LogP contribution in [0.25, 0.3) is 0 Å². The van der Waals surface area contributed by atoms with Crippen LogP contribution in [0.2, 0.25) is 10.0 Å². The number of imide groups is 1. The number of anilines is 1. The molecule has 2 aliphatic rings. The zero-order valence-corrected chi connectivity index (χ0v) is 20.5. The van der Waals surface area contributed by atoms with Crippen molar-refractivity contribution in [2.24, 2.45) is 0 Å². The quantitative estimate of drug-likeness (QED) is 0.449. The second kappa shape index (κ2) is 8.40. The van der Waals surface area contributed by atoms with Crippen molar-refractivity contribution in [1.82, 2.24) is 5.32 Å². The van der Waals surface area contributed by atoms with E-state index in [0.29, 0.717) is 21.2 Å². The summed E-state index contributed by atoms with van der Waals surface area (Å²) in [6, 6.07) is 16.8. The largest absolute Gasteiger partial charge is 0.464 e. The summed E-state index contributed by atoms with van der Waals surface area (Å²) in [6.45, 7) is 3.84. The van der Waals surface area contributed by atoms with E-state index in [9.17, 15) is 19.5 Å². The highest BCUT2D eigenvalue weighted by atomic mass is 35.5. The number of aryl methyl sites for hydroxylation is 2. The molecule has 1 fully saturated rings. The summed E-state index contributed by atoms with van der Waals surface area (Å²) in [6.07, 6.45) is -1.42. The summed E-state index contributed by atoms with van der Waals surface area (Å²) in [5.41, 5.74) is 2.52. The molecular formula is C27H22Cl2N2O4. The Hall–Kier alpha value is -3.35. The molecule has 8 heteroatoms. The number of halogens is 2. The average Bonchev–Trinajstić information content (AvgIpc) is 3.03. The lowest BCUT2D eigenvalue weighted by atomic mass is 9.58. The van der Waals surface area contributed by atoms with Gasteiger partial charge in [0.15, 0.2) is 0 Å². The Labute approximate surface area is 212 Å². The molecule has 0 bridgehead atoms.